The smallest absolute Gasteiger partial charge is 0.310 e. The fourth-order valence-corrected chi connectivity index (χ4v) is 2.72. The lowest BCUT2D eigenvalue weighted by Crippen LogP contribution is -2.28. The van der Waals surface area contributed by atoms with Gasteiger partial charge in [-0.1, -0.05) is 0 Å². The number of H-pyrrole nitrogens is 1. The van der Waals surface area contributed by atoms with Gasteiger partial charge < -0.3 is 9.72 Å². The van der Waals surface area contributed by atoms with Crippen LogP contribution in [-0.4, -0.2) is 32.6 Å². The first-order chi connectivity index (χ1) is 12.3. The fraction of sp³-hybridized carbons (Fsp3) is 0.333. The highest BCUT2D eigenvalue weighted by atomic mass is 16.5. The Bertz CT molecular complexity index is 1030. The number of rotatable bonds is 4. The van der Waals surface area contributed by atoms with Gasteiger partial charge in [0.05, 0.1) is 30.3 Å². The molecule has 0 atom stereocenters. The minimum atomic E-state index is -0.476. The van der Waals surface area contributed by atoms with Crippen molar-refractivity contribution in [1.82, 2.24) is 19.5 Å². The maximum atomic E-state index is 12.6. The minimum absolute atomic E-state index is 0.106. The summed E-state index contributed by atoms with van der Waals surface area (Å²) in [6.45, 7) is 5.76. The lowest BCUT2D eigenvalue weighted by Gasteiger charge is -2.12. The number of nitrogens with zero attached hydrogens (tertiary/aromatic N) is 3. The molecule has 0 aliphatic carbocycles. The van der Waals surface area contributed by atoms with Crippen LogP contribution in [0.4, 0.5) is 11.9 Å². The number of aryl methyl sites for hydroxylation is 3. The number of methoxy groups -OCH3 is 1. The highest BCUT2D eigenvalue weighted by Crippen LogP contribution is 2.20. The molecule has 0 radical (unpaired) electrons. The lowest BCUT2D eigenvalue weighted by atomic mass is 10.1. The molecule has 1 aromatic carbocycles. The summed E-state index contributed by atoms with van der Waals surface area (Å²) in [5.74, 6) is 0.358. The molecule has 2 heterocycles. The predicted molar refractivity (Wildman–Crippen MR) is 98.8 cm³/mol. The Morgan fingerprint density at radius 2 is 1.92 bits per heavy atom. The average Bonchev–Trinajstić information content (AvgIpc) is 2.97. The van der Waals surface area contributed by atoms with Crippen LogP contribution in [0.15, 0.2) is 16.9 Å². The summed E-state index contributed by atoms with van der Waals surface area (Å²) >= 11 is 0. The first kappa shape index (κ1) is 17.7. The van der Waals surface area contributed by atoms with Crippen molar-refractivity contribution in [2.75, 3.05) is 12.4 Å². The van der Waals surface area contributed by atoms with Crippen molar-refractivity contribution in [3.63, 3.8) is 0 Å². The van der Waals surface area contributed by atoms with E-state index in [1.165, 1.54) is 17.2 Å². The van der Waals surface area contributed by atoms with Crippen molar-refractivity contribution in [2.45, 2.75) is 27.2 Å². The molecule has 0 aliphatic heterocycles. The van der Waals surface area contributed by atoms with Gasteiger partial charge in [-0.2, -0.15) is 0 Å². The molecule has 0 aliphatic rings. The molecule has 8 heteroatoms. The molecule has 2 N–H and O–H groups in total. The second kappa shape index (κ2) is 6.62. The number of imidazole rings is 1. The monoisotopic (exact) mass is 355 g/mol. The third kappa shape index (κ3) is 3.17. The molecule has 0 saturated carbocycles. The number of aromatic nitrogens is 4. The summed E-state index contributed by atoms with van der Waals surface area (Å²) in [4.78, 5) is 36.1. The molecular weight excluding hydrogens is 334 g/mol. The van der Waals surface area contributed by atoms with Gasteiger partial charge >= 0.3 is 5.97 Å². The normalized spacial score (nSPS) is 11.0. The van der Waals surface area contributed by atoms with Crippen LogP contribution >= 0.6 is 0 Å². The third-order valence-electron chi connectivity index (χ3n) is 4.47. The fourth-order valence-electron chi connectivity index (χ4n) is 2.72. The third-order valence-corrected chi connectivity index (χ3v) is 4.47. The first-order valence-corrected chi connectivity index (χ1v) is 8.17. The number of anilines is 2. The van der Waals surface area contributed by atoms with Gasteiger partial charge in [0.15, 0.2) is 0 Å². The van der Waals surface area contributed by atoms with E-state index in [1.54, 1.807) is 14.0 Å². The number of carbonyl (C=O) groups excluding carboxylic acids is 1. The van der Waals surface area contributed by atoms with Crippen molar-refractivity contribution in [3.05, 3.63) is 44.9 Å². The van der Waals surface area contributed by atoms with Gasteiger partial charge in [-0.15, -0.1) is 0 Å². The molecular formula is C18H21N5O3. The van der Waals surface area contributed by atoms with E-state index in [-0.39, 0.29) is 12.0 Å². The van der Waals surface area contributed by atoms with Crippen LogP contribution in [0.2, 0.25) is 0 Å². The highest BCUT2D eigenvalue weighted by molar-refractivity contribution is 5.80. The van der Waals surface area contributed by atoms with Gasteiger partial charge in [-0.25, -0.2) is 9.97 Å². The summed E-state index contributed by atoms with van der Waals surface area (Å²) < 4.78 is 5.99. The summed E-state index contributed by atoms with van der Waals surface area (Å²) in [6, 6.07) is 4.03. The van der Waals surface area contributed by atoms with Crippen molar-refractivity contribution in [1.29, 1.82) is 0 Å². The van der Waals surface area contributed by atoms with Crippen molar-refractivity contribution < 1.29 is 9.53 Å². The molecule has 26 heavy (non-hydrogen) atoms. The second-order valence-corrected chi connectivity index (χ2v) is 6.28. The summed E-state index contributed by atoms with van der Waals surface area (Å²) in [5.41, 5.74) is 4.56. The van der Waals surface area contributed by atoms with Crippen LogP contribution in [0, 0.1) is 20.8 Å². The van der Waals surface area contributed by atoms with E-state index in [0.717, 1.165) is 16.6 Å². The van der Waals surface area contributed by atoms with Gasteiger partial charge in [-0.05, 0) is 44.0 Å². The van der Waals surface area contributed by atoms with Gasteiger partial charge in [0, 0.05) is 12.6 Å². The number of benzene rings is 1. The molecule has 0 fully saturated rings. The molecule has 136 valence electrons. The maximum absolute atomic E-state index is 12.6. The Morgan fingerprint density at radius 1 is 1.23 bits per heavy atom. The molecule has 0 bridgehead atoms. The van der Waals surface area contributed by atoms with Gasteiger partial charge in [0.25, 0.3) is 5.56 Å². The largest absolute Gasteiger partial charge is 0.469 e. The van der Waals surface area contributed by atoms with E-state index in [0.29, 0.717) is 23.2 Å². The molecule has 2 aromatic heterocycles. The first-order valence-electron chi connectivity index (χ1n) is 8.17. The number of hydrogen-bond acceptors (Lipinski definition) is 6. The quantitative estimate of drug-likeness (QED) is 0.695. The Labute approximate surface area is 150 Å². The Hall–Kier alpha value is -3.16. The van der Waals surface area contributed by atoms with Gasteiger partial charge in [-0.3, -0.25) is 19.5 Å². The van der Waals surface area contributed by atoms with E-state index >= 15 is 0 Å². The van der Waals surface area contributed by atoms with Crippen molar-refractivity contribution in [2.24, 2.45) is 7.05 Å². The van der Waals surface area contributed by atoms with E-state index in [4.69, 9.17) is 0 Å². The van der Waals surface area contributed by atoms with Crippen LogP contribution < -0.4 is 10.9 Å². The van der Waals surface area contributed by atoms with E-state index in [1.807, 2.05) is 26.0 Å². The summed E-state index contributed by atoms with van der Waals surface area (Å²) in [5, 5.41) is 3.05. The van der Waals surface area contributed by atoms with E-state index in [9.17, 15) is 9.59 Å². The van der Waals surface area contributed by atoms with Gasteiger partial charge in [0.1, 0.15) is 0 Å². The number of hydrogen-bond donors (Lipinski definition) is 2. The van der Waals surface area contributed by atoms with E-state index < -0.39 is 5.97 Å². The number of ether oxygens (including phenoxy) is 1. The van der Waals surface area contributed by atoms with E-state index in [2.05, 4.69) is 25.0 Å². The van der Waals surface area contributed by atoms with Crippen LogP contribution in [0.25, 0.3) is 11.0 Å². The highest BCUT2D eigenvalue weighted by Gasteiger charge is 2.16. The van der Waals surface area contributed by atoms with Crippen LogP contribution in [0.5, 0.6) is 0 Å². The number of carbonyl (C=O) groups is 1. The Balaban J connectivity index is 1.98. The van der Waals surface area contributed by atoms with Crippen LogP contribution in [-0.2, 0) is 23.0 Å². The molecule has 0 amide bonds. The zero-order valence-corrected chi connectivity index (χ0v) is 15.4. The summed E-state index contributed by atoms with van der Waals surface area (Å²) in [7, 11) is 2.88. The number of nitrogens with one attached hydrogen (secondary N) is 2. The average molecular weight is 355 g/mol. The number of aromatic amines is 1. The van der Waals surface area contributed by atoms with Crippen molar-refractivity contribution in [3.8, 4) is 0 Å². The number of fused-ring (bicyclic) bond motifs is 1. The standard InChI is InChI=1S/C18H21N5O3/c1-9-6-13-14(7-10(9)2)21-17(20-13)22-18-19-11(3)12(8-15(24)26-5)16(25)23(18)4/h6-7H,8H2,1-5H3,(H2,19,20,21,22). The molecule has 0 saturated heterocycles. The van der Waals surface area contributed by atoms with Crippen LogP contribution in [0.1, 0.15) is 22.4 Å². The second-order valence-electron chi connectivity index (χ2n) is 6.28. The topological polar surface area (TPSA) is 102 Å². The minimum Gasteiger partial charge on any atom is -0.469 e. The Morgan fingerprint density at radius 3 is 2.62 bits per heavy atom. The van der Waals surface area contributed by atoms with Gasteiger partial charge in [0.2, 0.25) is 11.9 Å². The molecule has 8 nitrogen and oxygen atoms in total. The molecule has 3 aromatic rings. The molecule has 0 unspecified atom stereocenters. The van der Waals surface area contributed by atoms with Crippen molar-refractivity contribution >= 4 is 28.9 Å². The zero-order valence-electron chi connectivity index (χ0n) is 15.4. The number of esters is 1. The summed E-state index contributed by atoms with van der Waals surface area (Å²) in [6.07, 6.45) is -0.106. The molecule has 0 spiro atoms. The predicted octanol–water partition coefficient (Wildman–Crippen LogP) is 2.04. The zero-order chi connectivity index (χ0) is 19.0. The van der Waals surface area contributed by atoms with Crippen LogP contribution in [0.3, 0.4) is 0 Å². The SMILES string of the molecule is COC(=O)Cc1c(C)nc(Nc2nc3cc(C)c(C)cc3[nH]2)n(C)c1=O. The lowest BCUT2D eigenvalue weighted by molar-refractivity contribution is -0.139. The maximum Gasteiger partial charge on any atom is 0.310 e. The Kier molecular flexibility index (Phi) is 4.50. The molecule has 3 rings (SSSR count).